The molecule has 0 amide bonds. The smallest absolute Gasteiger partial charge is 0.123 e. The molecule has 2 unspecified atom stereocenters. The second-order valence-electron chi connectivity index (χ2n) is 4.40. The molecule has 98 valence electrons. The first-order valence-electron chi connectivity index (χ1n) is 6.02. The maximum Gasteiger partial charge on any atom is 0.123 e. The van der Waals surface area contributed by atoms with E-state index < -0.39 is 10.8 Å². The van der Waals surface area contributed by atoms with Crippen LogP contribution in [-0.4, -0.2) is 17.1 Å². The zero-order chi connectivity index (χ0) is 13.5. The molecular formula is C14H19NO2S. The number of rotatable bonds is 6. The Bertz CT molecular complexity index is 465. The SMILES string of the molecule is CCC(C)CS(=O)Cc1cc(C#N)ccc1OC. The summed E-state index contributed by atoms with van der Waals surface area (Å²) >= 11 is 0. The van der Waals surface area contributed by atoms with Crippen LogP contribution in [0.5, 0.6) is 5.75 Å². The third kappa shape index (κ3) is 4.15. The average Bonchev–Trinajstić information content (AvgIpc) is 2.38. The molecule has 0 bridgehead atoms. The molecule has 4 heteroatoms. The molecule has 0 spiro atoms. The van der Waals surface area contributed by atoms with Crippen molar-refractivity contribution in [1.29, 1.82) is 5.26 Å². The van der Waals surface area contributed by atoms with Crippen molar-refractivity contribution in [2.24, 2.45) is 5.92 Å². The van der Waals surface area contributed by atoms with Crippen molar-refractivity contribution in [3.05, 3.63) is 29.3 Å². The van der Waals surface area contributed by atoms with E-state index in [-0.39, 0.29) is 0 Å². The summed E-state index contributed by atoms with van der Waals surface area (Å²) in [7, 11) is 0.673. The van der Waals surface area contributed by atoms with Gasteiger partial charge in [0, 0.05) is 22.1 Å². The van der Waals surface area contributed by atoms with Gasteiger partial charge in [-0.15, -0.1) is 0 Å². The van der Waals surface area contributed by atoms with E-state index in [1.165, 1.54) is 0 Å². The molecule has 1 rings (SSSR count). The Labute approximate surface area is 111 Å². The average molecular weight is 265 g/mol. The molecule has 3 nitrogen and oxygen atoms in total. The fourth-order valence-electron chi connectivity index (χ4n) is 1.63. The van der Waals surface area contributed by atoms with E-state index in [9.17, 15) is 4.21 Å². The molecule has 0 fully saturated rings. The molecule has 0 saturated heterocycles. The molecular weight excluding hydrogens is 246 g/mol. The van der Waals surface area contributed by atoms with E-state index in [0.29, 0.717) is 28.7 Å². The summed E-state index contributed by atoms with van der Waals surface area (Å²) in [5.74, 6) is 2.29. The van der Waals surface area contributed by atoms with Crippen LogP contribution in [0.3, 0.4) is 0 Å². The number of ether oxygens (including phenoxy) is 1. The Hall–Kier alpha value is -1.34. The molecule has 0 aliphatic rings. The lowest BCUT2D eigenvalue weighted by molar-refractivity contribution is 0.411. The van der Waals surface area contributed by atoms with Gasteiger partial charge in [0.15, 0.2) is 0 Å². The highest BCUT2D eigenvalue weighted by molar-refractivity contribution is 7.84. The number of nitrogens with zero attached hydrogens (tertiary/aromatic N) is 1. The van der Waals surface area contributed by atoms with E-state index in [4.69, 9.17) is 10.00 Å². The van der Waals surface area contributed by atoms with Crippen LogP contribution < -0.4 is 4.74 Å². The molecule has 1 aromatic carbocycles. The summed E-state index contributed by atoms with van der Waals surface area (Å²) in [6, 6.07) is 7.31. The molecule has 0 aliphatic heterocycles. The largest absolute Gasteiger partial charge is 0.496 e. The Morgan fingerprint density at radius 1 is 1.50 bits per heavy atom. The van der Waals surface area contributed by atoms with Crippen LogP contribution in [-0.2, 0) is 16.6 Å². The zero-order valence-corrected chi connectivity index (χ0v) is 11.9. The van der Waals surface area contributed by atoms with Crippen molar-refractivity contribution in [3.8, 4) is 11.8 Å². The van der Waals surface area contributed by atoms with Crippen LogP contribution in [0.25, 0.3) is 0 Å². The van der Waals surface area contributed by atoms with Crippen molar-refractivity contribution >= 4 is 10.8 Å². The summed E-state index contributed by atoms with van der Waals surface area (Å²) < 4.78 is 17.3. The van der Waals surface area contributed by atoms with Crippen molar-refractivity contribution in [3.63, 3.8) is 0 Å². The Morgan fingerprint density at radius 2 is 2.22 bits per heavy atom. The van der Waals surface area contributed by atoms with Crippen molar-refractivity contribution in [1.82, 2.24) is 0 Å². The minimum atomic E-state index is -0.913. The summed E-state index contributed by atoms with van der Waals surface area (Å²) in [5, 5.41) is 8.88. The number of benzene rings is 1. The van der Waals surface area contributed by atoms with Gasteiger partial charge in [-0.2, -0.15) is 5.26 Å². The Morgan fingerprint density at radius 3 is 2.78 bits per heavy atom. The zero-order valence-electron chi connectivity index (χ0n) is 11.1. The van der Waals surface area contributed by atoms with E-state index >= 15 is 0 Å². The van der Waals surface area contributed by atoms with E-state index in [2.05, 4.69) is 19.9 Å². The number of hydrogen-bond donors (Lipinski definition) is 0. The fourth-order valence-corrected chi connectivity index (χ4v) is 3.19. The Balaban J connectivity index is 2.82. The predicted molar refractivity (Wildman–Crippen MR) is 73.9 cm³/mol. The van der Waals surface area contributed by atoms with Gasteiger partial charge in [-0.3, -0.25) is 4.21 Å². The van der Waals surface area contributed by atoms with Crippen LogP contribution >= 0.6 is 0 Å². The van der Waals surface area contributed by atoms with Gasteiger partial charge in [0.1, 0.15) is 5.75 Å². The number of hydrogen-bond acceptors (Lipinski definition) is 3. The van der Waals surface area contributed by atoms with Crippen LogP contribution in [0.1, 0.15) is 31.4 Å². The monoisotopic (exact) mass is 265 g/mol. The number of nitriles is 1. The van der Waals surface area contributed by atoms with Crippen molar-refractivity contribution in [2.75, 3.05) is 12.9 Å². The quantitative estimate of drug-likeness (QED) is 0.794. The fraction of sp³-hybridized carbons (Fsp3) is 0.500. The minimum Gasteiger partial charge on any atom is -0.496 e. The lowest BCUT2D eigenvalue weighted by atomic mass is 10.1. The van der Waals surface area contributed by atoms with E-state index in [1.54, 1.807) is 25.3 Å². The van der Waals surface area contributed by atoms with Gasteiger partial charge in [0.05, 0.1) is 24.5 Å². The maximum atomic E-state index is 12.0. The van der Waals surface area contributed by atoms with Gasteiger partial charge >= 0.3 is 0 Å². The van der Waals surface area contributed by atoms with E-state index in [1.807, 2.05) is 0 Å². The van der Waals surface area contributed by atoms with Gasteiger partial charge in [-0.05, 0) is 24.1 Å². The highest BCUT2D eigenvalue weighted by Gasteiger charge is 2.11. The molecule has 1 aromatic rings. The molecule has 0 aliphatic carbocycles. The topological polar surface area (TPSA) is 50.1 Å². The first kappa shape index (κ1) is 14.7. The minimum absolute atomic E-state index is 0.447. The highest BCUT2D eigenvalue weighted by Crippen LogP contribution is 2.22. The van der Waals surface area contributed by atoms with Gasteiger partial charge in [0.2, 0.25) is 0 Å². The third-order valence-corrected chi connectivity index (χ3v) is 4.47. The van der Waals surface area contributed by atoms with Gasteiger partial charge in [0.25, 0.3) is 0 Å². The predicted octanol–water partition coefficient (Wildman–Crippen LogP) is 2.86. The Kier molecular flexibility index (Phi) is 5.87. The normalized spacial score (nSPS) is 13.7. The molecule has 2 atom stereocenters. The van der Waals surface area contributed by atoms with Gasteiger partial charge < -0.3 is 4.74 Å². The molecule has 18 heavy (non-hydrogen) atoms. The second kappa shape index (κ2) is 7.17. The first-order chi connectivity index (χ1) is 8.60. The molecule has 0 aromatic heterocycles. The van der Waals surface area contributed by atoms with Crippen molar-refractivity contribution in [2.45, 2.75) is 26.0 Å². The molecule has 0 heterocycles. The first-order valence-corrected chi connectivity index (χ1v) is 7.51. The molecule has 0 N–H and O–H groups in total. The third-order valence-electron chi connectivity index (χ3n) is 2.89. The van der Waals surface area contributed by atoms with Crippen LogP contribution in [0.4, 0.5) is 0 Å². The summed E-state index contributed by atoms with van der Waals surface area (Å²) in [5.41, 5.74) is 1.42. The van der Waals surface area contributed by atoms with Gasteiger partial charge in [-0.25, -0.2) is 0 Å². The lowest BCUT2D eigenvalue weighted by Gasteiger charge is -2.11. The summed E-state index contributed by atoms with van der Waals surface area (Å²) in [4.78, 5) is 0. The highest BCUT2D eigenvalue weighted by atomic mass is 32.2. The second-order valence-corrected chi connectivity index (χ2v) is 5.90. The standard InChI is InChI=1S/C14H19NO2S/c1-4-11(2)9-18(16)10-13-7-12(8-15)5-6-14(13)17-3/h5-7,11H,4,9-10H2,1-3H3. The summed E-state index contributed by atoms with van der Waals surface area (Å²) in [6.45, 7) is 4.19. The van der Waals surface area contributed by atoms with Gasteiger partial charge in [-0.1, -0.05) is 20.3 Å². The van der Waals surface area contributed by atoms with Crippen LogP contribution in [0.15, 0.2) is 18.2 Å². The number of methoxy groups -OCH3 is 1. The summed E-state index contributed by atoms with van der Waals surface area (Å²) in [6.07, 6.45) is 1.03. The van der Waals surface area contributed by atoms with Crippen molar-refractivity contribution < 1.29 is 8.95 Å². The maximum absolute atomic E-state index is 12.0. The molecule has 0 saturated carbocycles. The van der Waals surface area contributed by atoms with Crippen LogP contribution in [0, 0.1) is 17.2 Å². The molecule has 0 radical (unpaired) electrons. The lowest BCUT2D eigenvalue weighted by Crippen LogP contribution is -2.09. The van der Waals surface area contributed by atoms with E-state index in [0.717, 1.165) is 12.0 Å². The van der Waals surface area contributed by atoms with Crippen LogP contribution in [0.2, 0.25) is 0 Å².